The number of thiocarbonyl (C=S) groups is 1. The van der Waals surface area contributed by atoms with Crippen LogP contribution in [0.4, 0.5) is 5.69 Å². The number of hydrazine groups is 1. The highest BCUT2D eigenvalue weighted by molar-refractivity contribution is 7.80. The lowest BCUT2D eigenvalue weighted by Crippen LogP contribution is -2.41. The standard InChI is InChI=1S/C17H25N3S/c1-12-9-14(11-17(3,4)10-12)19-20-16(21)18-15-8-6-5-7-13(15)2/h5-8,11-12,19H,9-10H2,1-4H3,(H2,18,20,21)/t12-/m1/s1. The zero-order valence-corrected chi connectivity index (χ0v) is 14.1. The van der Waals surface area contributed by atoms with E-state index in [0.29, 0.717) is 11.0 Å². The van der Waals surface area contributed by atoms with Crippen molar-refractivity contribution in [2.24, 2.45) is 11.3 Å². The lowest BCUT2D eigenvalue weighted by molar-refractivity contribution is 0.313. The maximum atomic E-state index is 5.34. The van der Waals surface area contributed by atoms with E-state index in [0.717, 1.165) is 12.1 Å². The summed E-state index contributed by atoms with van der Waals surface area (Å²) in [7, 11) is 0. The van der Waals surface area contributed by atoms with E-state index in [1.807, 2.05) is 18.2 Å². The van der Waals surface area contributed by atoms with Crippen LogP contribution in [0.15, 0.2) is 36.0 Å². The van der Waals surface area contributed by atoms with Crippen LogP contribution in [0.1, 0.15) is 39.2 Å². The highest BCUT2D eigenvalue weighted by atomic mass is 32.1. The van der Waals surface area contributed by atoms with Crippen molar-refractivity contribution >= 4 is 23.0 Å². The van der Waals surface area contributed by atoms with E-state index in [1.165, 1.54) is 17.7 Å². The van der Waals surface area contributed by atoms with Crippen LogP contribution < -0.4 is 16.2 Å². The molecule has 0 saturated carbocycles. The second kappa shape index (κ2) is 6.48. The molecule has 114 valence electrons. The summed E-state index contributed by atoms with van der Waals surface area (Å²) in [5, 5.41) is 3.80. The molecular formula is C17H25N3S. The van der Waals surface area contributed by atoms with Crippen LogP contribution in [0.5, 0.6) is 0 Å². The summed E-state index contributed by atoms with van der Waals surface area (Å²) in [6.07, 6.45) is 4.59. The average Bonchev–Trinajstić information content (AvgIpc) is 2.37. The van der Waals surface area contributed by atoms with E-state index < -0.39 is 0 Å². The van der Waals surface area contributed by atoms with Crippen LogP contribution in [0.2, 0.25) is 0 Å². The van der Waals surface area contributed by atoms with E-state index in [1.54, 1.807) is 0 Å². The molecule has 21 heavy (non-hydrogen) atoms. The fraction of sp³-hybridized carbons (Fsp3) is 0.471. The molecule has 3 N–H and O–H groups in total. The third-order valence-electron chi connectivity index (χ3n) is 3.74. The molecule has 1 aromatic carbocycles. The van der Waals surface area contributed by atoms with E-state index in [2.05, 4.69) is 56.0 Å². The van der Waals surface area contributed by atoms with E-state index in [9.17, 15) is 0 Å². The molecule has 3 nitrogen and oxygen atoms in total. The number of hydrogen-bond acceptors (Lipinski definition) is 2. The van der Waals surface area contributed by atoms with E-state index in [4.69, 9.17) is 12.2 Å². The molecule has 0 aliphatic heterocycles. The topological polar surface area (TPSA) is 36.1 Å². The Labute approximate surface area is 133 Å². The molecule has 0 heterocycles. The zero-order valence-electron chi connectivity index (χ0n) is 13.3. The van der Waals surface area contributed by atoms with Gasteiger partial charge in [0.15, 0.2) is 5.11 Å². The van der Waals surface area contributed by atoms with Gasteiger partial charge < -0.3 is 10.7 Å². The number of anilines is 1. The number of rotatable bonds is 3. The minimum absolute atomic E-state index is 0.243. The molecule has 0 unspecified atom stereocenters. The van der Waals surface area contributed by atoms with Gasteiger partial charge in [0, 0.05) is 11.4 Å². The largest absolute Gasteiger partial charge is 0.331 e. The predicted molar refractivity (Wildman–Crippen MR) is 93.9 cm³/mol. The number of aryl methyl sites for hydroxylation is 1. The summed E-state index contributed by atoms with van der Waals surface area (Å²) in [5.74, 6) is 0.687. The average molecular weight is 303 g/mol. The van der Waals surface area contributed by atoms with Gasteiger partial charge in [-0.2, -0.15) is 0 Å². The molecule has 0 spiro atoms. The van der Waals surface area contributed by atoms with Crippen molar-refractivity contribution in [3.05, 3.63) is 41.6 Å². The monoisotopic (exact) mass is 303 g/mol. The lowest BCUT2D eigenvalue weighted by atomic mass is 9.76. The zero-order chi connectivity index (χ0) is 15.5. The maximum absolute atomic E-state index is 5.34. The van der Waals surface area contributed by atoms with Crippen molar-refractivity contribution in [1.29, 1.82) is 0 Å². The Balaban J connectivity index is 1.90. The molecule has 0 saturated heterocycles. The van der Waals surface area contributed by atoms with E-state index in [-0.39, 0.29) is 5.41 Å². The van der Waals surface area contributed by atoms with Gasteiger partial charge in [-0.25, -0.2) is 0 Å². The first-order valence-corrected chi connectivity index (χ1v) is 7.87. The van der Waals surface area contributed by atoms with Crippen molar-refractivity contribution in [1.82, 2.24) is 10.9 Å². The van der Waals surface area contributed by atoms with Crippen LogP contribution in [-0.4, -0.2) is 5.11 Å². The van der Waals surface area contributed by atoms with Crippen LogP contribution in [0.3, 0.4) is 0 Å². The Hall–Kier alpha value is -1.55. The van der Waals surface area contributed by atoms with Gasteiger partial charge in [0.1, 0.15) is 0 Å². The Morgan fingerprint density at radius 3 is 2.67 bits per heavy atom. The van der Waals surface area contributed by atoms with Crippen molar-refractivity contribution in [2.45, 2.75) is 40.5 Å². The molecule has 0 radical (unpaired) electrons. The third kappa shape index (κ3) is 4.74. The molecule has 1 aromatic rings. The molecule has 1 aliphatic carbocycles. The van der Waals surface area contributed by atoms with Gasteiger partial charge in [-0.05, 0) is 54.9 Å². The number of benzene rings is 1. The summed E-state index contributed by atoms with van der Waals surface area (Å²) in [5.41, 5.74) is 10.0. The molecule has 1 atom stereocenters. The Morgan fingerprint density at radius 2 is 2.00 bits per heavy atom. The smallest absolute Gasteiger partial charge is 0.189 e. The second-order valence-electron chi connectivity index (χ2n) is 6.69. The normalized spacial score (nSPS) is 20.4. The number of para-hydroxylation sites is 1. The van der Waals surface area contributed by atoms with Crippen molar-refractivity contribution in [3.63, 3.8) is 0 Å². The molecular weight excluding hydrogens is 278 g/mol. The van der Waals surface area contributed by atoms with Gasteiger partial charge in [-0.3, -0.25) is 5.43 Å². The summed E-state index contributed by atoms with van der Waals surface area (Å²) >= 11 is 5.34. The first-order valence-electron chi connectivity index (χ1n) is 7.46. The lowest BCUT2D eigenvalue weighted by Gasteiger charge is -2.32. The number of hydrogen-bond donors (Lipinski definition) is 3. The first kappa shape index (κ1) is 15.8. The Bertz CT molecular complexity index is 549. The highest BCUT2D eigenvalue weighted by Crippen LogP contribution is 2.35. The van der Waals surface area contributed by atoms with Crippen LogP contribution in [0, 0.1) is 18.3 Å². The summed E-state index contributed by atoms with van der Waals surface area (Å²) < 4.78 is 0. The predicted octanol–water partition coefficient (Wildman–Crippen LogP) is 4.13. The minimum Gasteiger partial charge on any atom is -0.331 e. The summed E-state index contributed by atoms with van der Waals surface area (Å²) in [6.45, 7) is 8.90. The summed E-state index contributed by atoms with van der Waals surface area (Å²) in [4.78, 5) is 0. The van der Waals surface area contributed by atoms with Crippen LogP contribution in [0.25, 0.3) is 0 Å². The third-order valence-corrected chi connectivity index (χ3v) is 3.94. The summed E-state index contributed by atoms with van der Waals surface area (Å²) in [6, 6.07) is 8.10. The molecule has 0 bridgehead atoms. The minimum atomic E-state index is 0.243. The van der Waals surface area contributed by atoms with Gasteiger partial charge >= 0.3 is 0 Å². The van der Waals surface area contributed by atoms with Crippen LogP contribution >= 0.6 is 12.2 Å². The molecule has 1 aliphatic rings. The van der Waals surface area contributed by atoms with Crippen molar-refractivity contribution in [3.8, 4) is 0 Å². The molecule has 0 fully saturated rings. The Morgan fingerprint density at radius 1 is 1.29 bits per heavy atom. The molecule has 0 amide bonds. The first-order chi connectivity index (χ1) is 9.85. The SMILES string of the molecule is Cc1ccccc1NC(=S)NNC1=CC(C)(C)C[C@H](C)C1. The molecule has 0 aromatic heterocycles. The fourth-order valence-electron chi connectivity index (χ4n) is 3.03. The van der Waals surface area contributed by atoms with Gasteiger partial charge in [0.2, 0.25) is 0 Å². The molecule has 4 heteroatoms. The van der Waals surface area contributed by atoms with Gasteiger partial charge in [-0.1, -0.05) is 45.0 Å². The van der Waals surface area contributed by atoms with E-state index >= 15 is 0 Å². The second-order valence-corrected chi connectivity index (χ2v) is 7.10. The highest BCUT2D eigenvalue weighted by Gasteiger charge is 2.25. The van der Waals surface area contributed by atoms with Gasteiger partial charge in [0.25, 0.3) is 0 Å². The van der Waals surface area contributed by atoms with Crippen molar-refractivity contribution in [2.75, 3.05) is 5.32 Å². The van der Waals surface area contributed by atoms with Gasteiger partial charge in [-0.15, -0.1) is 0 Å². The van der Waals surface area contributed by atoms with Crippen LogP contribution in [-0.2, 0) is 0 Å². The number of allylic oxidation sites excluding steroid dienone is 2. The quantitative estimate of drug-likeness (QED) is 0.580. The van der Waals surface area contributed by atoms with Gasteiger partial charge in [0.05, 0.1) is 0 Å². The molecule has 2 rings (SSSR count). The van der Waals surface area contributed by atoms with Crippen molar-refractivity contribution < 1.29 is 0 Å². The Kier molecular flexibility index (Phi) is 4.88. The maximum Gasteiger partial charge on any atom is 0.189 e. The number of nitrogens with one attached hydrogen (secondary N) is 3. The fourth-order valence-corrected chi connectivity index (χ4v) is 3.19.